The van der Waals surface area contributed by atoms with Gasteiger partial charge in [0.05, 0.1) is 228 Å². The molecule has 1 fully saturated rings. The third-order valence-corrected chi connectivity index (χ3v) is 19.3. The lowest BCUT2D eigenvalue weighted by atomic mass is 9.78. The van der Waals surface area contributed by atoms with Gasteiger partial charge in [-0.2, -0.15) is 0 Å². The standard InChI is InChI=1S/C25H36O4.C21H36O6.C16H26O4.C14H24O5.C12H26O4.C12H24O2.C10H22O2.C8H18O2/c1-19(2)26-15-17-28-23-11-7-21(8-12-23)25(5,6)22-9-13-24(14-10-22)29-18-16-27-20(3)4;1-16(2)22-7-10-25-19-13-20(26-11-8-23-17(3)4)15-21(14-19)27-12-9-24-18(5)6;1-13(2)17-8-10-19-15-6-5-7-16(12-15)20-11-9-18-14(3)4;1-11(2)16-5-7-18-13-9-15-10-14(13)19-8-6-17-12(3)4;1-11(2)15-9-7-13-5-6-14-8-10-16-12(3)4;1-9(2)13-11-5-7-12(8-6-11)14-10(3)4;1-9(2)11-7-5-6-8-12-10(3)4;1-7(2)9-5-6-10-8(3)4/h7-14,19-20H,15-18H2,1-6H3;13-18H,7-12H2,1-6H3;5-7,12-14H,8-11H2,1-4H3;9-12H,5-8H2,1-4H3;11-12H,5-10H2,1-4H3;9-12H,5-8H2,1-4H3;9-10H,5-8H2,1-4H3;7-8H,5-6H2,1-4H3. The largest absolute Gasteiger partial charge is 0.491 e. The maximum atomic E-state index is 5.79. The normalized spacial score (nSPS) is 13.1. The lowest BCUT2D eigenvalue weighted by Crippen LogP contribution is -2.29. The van der Waals surface area contributed by atoms with Crippen LogP contribution in [-0.4, -0.2) is 301 Å². The molecule has 0 unspecified atom stereocenters. The predicted molar refractivity (Wildman–Crippen MR) is 592 cm³/mol. The van der Waals surface area contributed by atoms with Crippen molar-refractivity contribution in [1.29, 1.82) is 0 Å². The van der Waals surface area contributed by atoms with Crippen molar-refractivity contribution in [3.63, 3.8) is 0 Å². The van der Waals surface area contributed by atoms with E-state index in [0.29, 0.717) is 249 Å². The Hall–Kier alpha value is -6.40. The first-order valence-electron chi connectivity index (χ1n) is 54.7. The van der Waals surface area contributed by atoms with Crippen molar-refractivity contribution in [1.82, 2.24) is 0 Å². The molecule has 0 bridgehead atoms. The topological polar surface area (TPSA) is 272 Å². The Kier molecular flexibility index (Phi) is 90.5. The second kappa shape index (κ2) is 93.2. The highest BCUT2D eigenvalue weighted by Crippen LogP contribution is 2.35. The van der Waals surface area contributed by atoms with Crippen LogP contribution in [0.25, 0.3) is 0 Å². The number of unbranched alkanes of at least 4 members (excludes halogenated alkanes) is 1. The fourth-order valence-electron chi connectivity index (χ4n) is 12.5. The molecule has 0 aliphatic heterocycles. The van der Waals surface area contributed by atoms with E-state index < -0.39 is 0 Å². The van der Waals surface area contributed by atoms with Crippen molar-refractivity contribution in [2.45, 2.75) is 409 Å². The molecule has 0 N–H and O–H groups in total. The number of rotatable bonds is 74. The predicted octanol–water partition coefficient (Wildman–Crippen LogP) is 25.4. The Morgan fingerprint density at radius 2 is 0.388 bits per heavy atom. The summed E-state index contributed by atoms with van der Waals surface area (Å²) in [5.41, 5.74) is 2.36. The van der Waals surface area contributed by atoms with Crippen LogP contribution >= 0.6 is 0 Å². The zero-order valence-electron chi connectivity index (χ0n) is 98.7. The molecule has 29 heteroatoms. The summed E-state index contributed by atoms with van der Waals surface area (Å²) < 4.78 is 160. The van der Waals surface area contributed by atoms with Crippen LogP contribution in [0.4, 0.5) is 0 Å². The van der Waals surface area contributed by atoms with Gasteiger partial charge in [-0.1, -0.05) is 44.2 Å². The molecule has 147 heavy (non-hydrogen) atoms. The molecule has 0 saturated heterocycles. The van der Waals surface area contributed by atoms with E-state index >= 15 is 0 Å². The Bertz CT molecular complexity index is 3370. The summed E-state index contributed by atoms with van der Waals surface area (Å²) in [6.07, 6.45) is 15.3. The molecule has 5 aromatic rings. The minimum absolute atomic E-state index is 0.113. The molecule has 1 heterocycles. The molecule has 1 saturated carbocycles. The molecule has 858 valence electrons. The number of hydrogen-bond donors (Lipinski definition) is 0. The van der Waals surface area contributed by atoms with Crippen molar-refractivity contribution in [2.75, 3.05) is 185 Å². The molecule has 1 aliphatic carbocycles. The lowest BCUT2D eigenvalue weighted by Gasteiger charge is -2.30. The summed E-state index contributed by atoms with van der Waals surface area (Å²) in [6.45, 7) is 89.8. The van der Waals surface area contributed by atoms with Gasteiger partial charge in [0.1, 0.15) is 112 Å². The van der Waals surface area contributed by atoms with E-state index in [1.807, 2.05) is 247 Å². The molecular weight excluding hydrogens is 1880 g/mol. The van der Waals surface area contributed by atoms with E-state index in [4.69, 9.17) is 137 Å². The summed E-state index contributed by atoms with van der Waals surface area (Å²) in [4.78, 5) is 0. The Morgan fingerprint density at radius 3 is 0.612 bits per heavy atom. The van der Waals surface area contributed by atoms with Gasteiger partial charge in [0, 0.05) is 42.9 Å². The van der Waals surface area contributed by atoms with Crippen LogP contribution in [0.1, 0.15) is 299 Å². The van der Waals surface area contributed by atoms with E-state index in [-0.39, 0.29) is 72.6 Å². The first-order chi connectivity index (χ1) is 69.8. The second-order valence-corrected chi connectivity index (χ2v) is 40.0. The van der Waals surface area contributed by atoms with Crippen LogP contribution < -0.4 is 42.6 Å². The lowest BCUT2D eigenvalue weighted by molar-refractivity contribution is -0.0657. The zero-order chi connectivity index (χ0) is 110. The van der Waals surface area contributed by atoms with Crippen LogP contribution in [-0.2, 0) is 95.4 Å². The van der Waals surface area contributed by atoms with Gasteiger partial charge in [-0.15, -0.1) is 0 Å². The van der Waals surface area contributed by atoms with Gasteiger partial charge < -0.3 is 137 Å². The van der Waals surface area contributed by atoms with Gasteiger partial charge in [0.15, 0.2) is 11.5 Å². The first kappa shape index (κ1) is 143. The van der Waals surface area contributed by atoms with Crippen LogP contribution in [0.5, 0.6) is 51.7 Å². The maximum Gasteiger partial charge on any atom is 0.199 e. The van der Waals surface area contributed by atoms with Gasteiger partial charge in [-0.25, -0.2) is 0 Å². The molecule has 6 rings (SSSR count). The van der Waals surface area contributed by atoms with Crippen molar-refractivity contribution in [3.05, 3.63) is 115 Å². The summed E-state index contributed by atoms with van der Waals surface area (Å²) in [6, 6.07) is 29.8. The molecule has 4 aromatic carbocycles. The molecular formula is C118H212O29. The van der Waals surface area contributed by atoms with Crippen LogP contribution in [0.15, 0.2) is 108 Å². The van der Waals surface area contributed by atoms with E-state index in [1.54, 1.807) is 0 Å². The monoisotopic (exact) mass is 2090 g/mol. The van der Waals surface area contributed by atoms with E-state index in [1.165, 1.54) is 23.7 Å². The number of hydrogen-bond acceptors (Lipinski definition) is 29. The van der Waals surface area contributed by atoms with Crippen LogP contribution in [0.3, 0.4) is 0 Å². The number of ether oxygens (including phenoxy) is 28. The third kappa shape index (κ3) is 94.1. The SMILES string of the molecule is CC(C)OC1CCC(OC(C)C)CC1.CC(C)OCCCCOC(C)C.CC(C)OCCOC(C)C.CC(C)OCCOCCOCCOC(C)C.CC(C)OCCOc1cc(OCCOC(C)C)cc(OCCOC(C)C)c1.CC(C)OCCOc1ccc(C(C)(C)c2ccc(OCCOC(C)C)cc2)cc1.CC(C)OCCOc1cccc(OCCOC(C)C)c1.CC(C)OCCOc1cocc1OCCOC(C)C. The summed E-state index contributed by atoms with van der Waals surface area (Å²) in [5.74, 6) is 6.56. The van der Waals surface area contributed by atoms with Crippen LogP contribution in [0, 0.1) is 0 Å². The molecule has 1 aliphatic rings. The van der Waals surface area contributed by atoms with E-state index in [9.17, 15) is 0 Å². The number of furan rings is 1. The average Bonchev–Trinajstić information content (AvgIpc) is 1.50. The number of benzene rings is 4. The van der Waals surface area contributed by atoms with Gasteiger partial charge in [-0.05, 0) is 321 Å². The third-order valence-electron chi connectivity index (χ3n) is 19.3. The first-order valence-corrected chi connectivity index (χ1v) is 54.7. The van der Waals surface area contributed by atoms with Crippen molar-refractivity contribution in [3.8, 4) is 51.7 Å². The quantitative estimate of drug-likeness (QED) is 0.0327. The minimum atomic E-state index is -0.113. The molecule has 29 nitrogen and oxygen atoms in total. The van der Waals surface area contributed by atoms with Gasteiger partial charge >= 0.3 is 0 Å². The van der Waals surface area contributed by atoms with Crippen LogP contribution in [0.2, 0.25) is 0 Å². The second-order valence-electron chi connectivity index (χ2n) is 40.0. The summed E-state index contributed by atoms with van der Waals surface area (Å²) in [7, 11) is 0. The van der Waals surface area contributed by atoms with E-state index in [0.717, 1.165) is 74.7 Å². The fourth-order valence-corrected chi connectivity index (χ4v) is 12.5. The smallest absolute Gasteiger partial charge is 0.199 e. The highest BCUT2D eigenvalue weighted by molar-refractivity contribution is 5.43. The molecule has 0 radical (unpaired) electrons. The average molecular weight is 2090 g/mol. The Balaban J connectivity index is 0. The minimum Gasteiger partial charge on any atom is -0.491 e. The van der Waals surface area contributed by atoms with Gasteiger partial charge in [0.25, 0.3) is 0 Å². The van der Waals surface area contributed by atoms with E-state index in [2.05, 4.69) is 93.5 Å². The highest BCUT2D eigenvalue weighted by Gasteiger charge is 2.25. The van der Waals surface area contributed by atoms with Gasteiger partial charge in [-0.3, -0.25) is 0 Å². The zero-order valence-corrected chi connectivity index (χ0v) is 98.7. The van der Waals surface area contributed by atoms with Gasteiger partial charge in [0.2, 0.25) is 0 Å². The highest BCUT2D eigenvalue weighted by atomic mass is 16.6. The molecule has 0 atom stereocenters. The fraction of sp³-hybridized carbons (Fsp3) is 0.763. The summed E-state index contributed by atoms with van der Waals surface area (Å²) >= 11 is 0. The Labute approximate surface area is 893 Å². The molecule has 1 aromatic heterocycles. The van der Waals surface area contributed by atoms with Crippen molar-refractivity contribution < 1.29 is 137 Å². The summed E-state index contributed by atoms with van der Waals surface area (Å²) in [5, 5.41) is 0. The van der Waals surface area contributed by atoms with Crippen molar-refractivity contribution in [2.24, 2.45) is 0 Å². The maximum absolute atomic E-state index is 5.79. The molecule has 0 amide bonds. The Morgan fingerprint density at radius 1 is 0.204 bits per heavy atom. The molecule has 0 spiro atoms. The van der Waals surface area contributed by atoms with Crippen molar-refractivity contribution >= 4 is 0 Å².